The number of hydrogen-bond acceptors (Lipinski definition) is 6. The van der Waals surface area contributed by atoms with Crippen molar-refractivity contribution in [1.29, 1.82) is 0 Å². The fourth-order valence-electron chi connectivity index (χ4n) is 18.6. The molecular formula is C110H70N10. The molecule has 560 valence electrons. The molecule has 6 aromatic heterocycles. The number of allylic oxidation sites excluding steroid dienone is 1. The van der Waals surface area contributed by atoms with Gasteiger partial charge >= 0.3 is 0 Å². The van der Waals surface area contributed by atoms with E-state index >= 15 is 0 Å². The van der Waals surface area contributed by atoms with Crippen LogP contribution in [-0.4, -0.2) is 48.2 Å². The van der Waals surface area contributed by atoms with Gasteiger partial charge in [-0.05, 0) is 193 Å². The molecule has 120 heavy (non-hydrogen) atoms. The summed E-state index contributed by atoms with van der Waals surface area (Å²) >= 11 is 0. The highest BCUT2D eigenvalue weighted by Crippen LogP contribution is 2.44. The van der Waals surface area contributed by atoms with E-state index in [1.807, 2.05) is 0 Å². The zero-order chi connectivity index (χ0) is 78.9. The van der Waals surface area contributed by atoms with Crippen LogP contribution in [0.1, 0.15) is 17.7 Å². The van der Waals surface area contributed by atoms with Crippen molar-refractivity contribution in [3.8, 4) is 91.1 Å². The van der Waals surface area contributed by atoms with Crippen molar-refractivity contribution in [1.82, 2.24) is 48.2 Å². The van der Waals surface area contributed by atoms with Crippen LogP contribution < -0.4 is 0 Å². The van der Waals surface area contributed by atoms with Crippen LogP contribution in [-0.2, 0) is 6.42 Å². The first-order valence-corrected chi connectivity index (χ1v) is 40.9. The average molecular weight is 1530 g/mol. The molecule has 0 unspecified atom stereocenters. The number of fused-ring (bicyclic) bond motifs is 17. The van der Waals surface area contributed by atoms with Gasteiger partial charge < -0.3 is 9.13 Å². The van der Waals surface area contributed by atoms with Crippen LogP contribution in [0.3, 0.4) is 0 Å². The number of nitrogens with zero attached hydrogens (tertiary/aromatic N) is 10. The molecule has 0 bridgehead atoms. The molecule has 6 heterocycles. The molecule has 0 atom stereocenters. The average Bonchev–Trinajstić information content (AvgIpc) is 1.59. The van der Waals surface area contributed by atoms with Crippen LogP contribution >= 0.6 is 0 Å². The third-order valence-corrected chi connectivity index (χ3v) is 24.3. The quantitative estimate of drug-likeness (QED) is 0.135. The van der Waals surface area contributed by atoms with Gasteiger partial charge in [-0.1, -0.05) is 291 Å². The van der Waals surface area contributed by atoms with Gasteiger partial charge in [0.15, 0.2) is 23.3 Å². The SMILES string of the molecule is C1=Cc2c(n(-c3cccc4ccccc34)c3ccc(-c4ccc5c(c4)c4ccccc4n5-c4nc(-c5ccc6ccccc6c5)nc(-c5ccc6ccccc6c5)n4)cc23)CC1.c1ccc(-n2c3ccccc3c3cc(-c4ccc5c(c4)c4ccccc4n5-c4nc(-c5ccc6ccccc6c5)nc(-c5ccc6ccccc6c5)n4)ccc32)cc1. The van der Waals surface area contributed by atoms with Crippen molar-refractivity contribution in [2.75, 3.05) is 0 Å². The molecule has 0 fully saturated rings. The molecule has 0 amide bonds. The lowest BCUT2D eigenvalue weighted by molar-refractivity contribution is 0.892. The van der Waals surface area contributed by atoms with Gasteiger partial charge in [0, 0.05) is 82.3 Å². The fraction of sp³-hybridized carbons (Fsp3) is 0.0182. The van der Waals surface area contributed by atoms with Crippen molar-refractivity contribution >= 4 is 136 Å². The van der Waals surface area contributed by atoms with Crippen molar-refractivity contribution < 1.29 is 0 Å². The predicted octanol–water partition coefficient (Wildman–Crippen LogP) is 27.7. The molecule has 1 aliphatic carbocycles. The zero-order valence-electron chi connectivity index (χ0n) is 65.0. The van der Waals surface area contributed by atoms with Gasteiger partial charge in [0.2, 0.25) is 11.9 Å². The maximum atomic E-state index is 5.27. The number of hydrogen-bond donors (Lipinski definition) is 0. The summed E-state index contributed by atoms with van der Waals surface area (Å²) < 4.78 is 9.27. The number of aromatic nitrogens is 10. The monoisotopic (exact) mass is 1530 g/mol. The van der Waals surface area contributed by atoms with E-state index in [-0.39, 0.29) is 0 Å². The fourth-order valence-corrected chi connectivity index (χ4v) is 18.6. The van der Waals surface area contributed by atoms with E-state index in [1.165, 1.54) is 93.1 Å². The van der Waals surface area contributed by atoms with Gasteiger partial charge in [-0.2, -0.15) is 19.9 Å². The van der Waals surface area contributed by atoms with Crippen LogP contribution in [0.2, 0.25) is 0 Å². The molecule has 10 heteroatoms. The molecule has 0 aliphatic heterocycles. The summed E-state index contributed by atoms with van der Waals surface area (Å²) in [5.41, 5.74) is 21.3. The summed E-state index contributed by atoms with van der Waals surface area (Å²) in [6, 6.07) is 139. The second kappa shape index (κ2) is 27.9. The van der Waals surface area contributed by atoms with E-state index in [9.17, 15) is 0 Å². The molecule has 25 rings (SSSR count). The second-order valence-electron chi connectivity index (χ2n) is 31.3. The Hall–Kier alpha value is -16.0. The normalized spacial score (nSPS) is 12.2. The van der Waals surface area contributed by atoms with E-state index in [1.54, 1.807) is 0 Å². The van der Waals surface area contributed by atoms with Crippen molar-refractivity contribution in [3.63, 3.8) is 0 Å². The third-order valence-electron chi connectivity index (χ3n) is 24.3. The topological polar surface area (TPSA) is 97.1 Å². The van der Waals surface area contributed by atoms with Gasteiger partial charge in [0.1, 0.15) is 0 Å². The lowest BCUT2D eigenvalue weighted by atomic mass is 9.98. The molecule has 0 saturated heterocycles. The maximum Gasteiger partial charge on any atom is 0.238 e. The predicted molar refractivity (Wildman–Crippen MR) is 497 cm³/mol. The number of benzene rings is 18. The van der Waals surface area contributed by atoms with E-state index in [0.29, 0.717) is 35.2 Å². The van der Waals surface area contributed by atoms with Gasteiger partial charge in [-0.25, -0.2) is 9.97 Å². The molecule has 0 saturated carbocycles. The van der Waals surface area contributed by atoms with Crippen LogP contribution in [0.15, 0.2) is 394 Å². The van der Waals surface area contributed by atoms with Gasteiger partial charge in [-0.3, -0.25) is 9.13 Å². The summed E-state index contributed by atoms with van der Waals surface area (Å²) in [4.78, 5) is 31.4. The Balaban J connectivity index is 0.000000137. The lowest BCUT2D eigenvalue weighted by Gasteiger charge is -2.15. The highest BCUT2D eigenvalue weighted by molar-refractivity contribution is 6.14. The number of rotatable bonds is 10. The first-order chi connectivity index (χ1) is 59.4. The standard InChI is InChI=1S/C57H37N5.C53H33N5/c1-3-15-39-32-43(26-24-36(39)12-1)55-58-56(44-27-25-37-13-2-4-16-40(37)33-44)60-57(59-55)62-52-22-10-8-20-47(52)49-35-42(29-31-54(49)62)41-28-30-53-48(34-41)46-19-7-9-21-51(46)61(53)50-23-11-17-38-14-5-6-18-45(38)50;1-2-16-42(17-3-1)57-47-20-10-8-18-43(47)45-32-38(26-28-49(45)57)39-27-29-50-46(33-39)44-19-9-11-21-48(44)58(50)53-55-51(40-24-22-34-12-4-6-14-36(34)30-40)54-52(56-53)41-25-23-35-13-5-7-15-37(35)31-41/h1-8,10-20,22-35H,9,21H2;1-33H. The summed E-state index contributed by atoms with van der Waals surface area (Å²) in [5.74, 6) is 3.68. The van der Waals surface area contributed by atoms with Crippen LogP contribution in [0.5, 0.6) is 0 Å². The van der Waals surface area contributed by atoms with E-state index < -0.39 is 0 Å². The minimum atomic E-state index is 0.579. The molecule has 18 aromatic carbocycles. The first kappa shape index (κ1) is 68.4. The summed E-state index contributed by atoms with van der Waals surface area (Å²) in [6.45, 7) is 0. The molecule has 0 radical (unpaired) electrons. The minimum Gasteiger partial charge on any atom is -0.312 e. The second-order valence-corrected chi connectivity index (χ2v) is 31.3. The van der Waals surface area contributed by atoms with Crippen LogP contribution in [0.25, 0.3) is 227 Å². The van der Waals surface area contributed by atoms with Crippen molar-refractivity contribution in [2.45, 2.75) is 12.8 Å². The Morgan fingerprint density at radius 2 is 0.517 bits per heavy atom. The molecule has 0 N–H and O–H groups in total. The smallest absolute Gasteiger partial charge is 0.238 e. The Kier molecular flexibility index (Phi) is 15.9. The highest BCUT2D eigenvalue weighted by atomic mass is 15.2. The summed E-state index contributed by atoms with van der Waals surface area (Å²) in [5, 5.41) is 20.1. The number of para-hydroxylation sites is 4. The molecule has 24 aromatic rings. The maximum absolute atomic E-state index is 5.27. The molecule has 1 aliphatic rings. The van der Waals surface area contributed by atoms with E-state index in [0.717, 1.165) is 117 Å². The Bertz CT molecular complexity index is 8190. The summed E-state index contributed by atoms with van der Waals surface area (Å²) in [6.07, 6.45) is 6.69. The van der Waals surface area contributed by atoms with Gasteiger partial charge in [0.05, 0.1) is 44.3 Å². The molecule has 0 spiro atoms. The third kappa shape index (κ3) is 11.5. The van der Waals surface area contributed by atoms with E-state index in [2.05, 4.69) is 419 Å². The lowest BCUT2D eigenvalue weighted by Crippen LogP contribution is -2.06. The van der Waals surface area contributed by atoms with Crippen LogP contribution in [0, 0.1) is 0 Å². The Morgan fingerprint density at radius 3 is 0.942 bits per heavy atom. The van der Waals surface area contributed by atoms with E-state index in [4.69, 9.17) is 29.9 Å². The van der Waals surface area contributed by atoms with Gasteiger partial charge in [0.25, 0.3) is 0 Å². The molecular weight excluding hydrogens is 1460 g/mol. The van der Waals surface area contributed by atoms with Crippen molar-refractivity contribution in [2.24, 2.45) is 0 Å². The minimum absolute atomic E-state index is 0.579. The Morgan fingerprint density at radius 1 is 0.200 bits per heavy atom. The van der Waals surface area contributed by atoms with Crippen LogP contribution in [0.4, 0.5) is 0 Å². The Labute approximate surface area is 689 Å². The highest BCUT2D eigenvalue weighted by Gasteiger charge is 2.25. The molecule has 10 nitrogen and oxygen atoms in total. The van der Waals surface area contributed by atoms with Gasteiger partial charge in [-0.15, -0.1) is 0 Å². The largest absolute Gasteiger partial charge is 0.312 e. The summed E-state index contributed by atoms with van der Waals surface area (Å²) in [7, 11) is 0. The zero-order valence-corrected chi connectivity index (χ0v) is 65.0. The first-order valence-electron chi connectivity index (χ1n) is 40.9. The van der Waals surface area contributed by atoms with Crippen molar-refractivity contribution in [3.05, 3.63) is 406 Å².